The van der Waals surface area contributed by atoms with Gasteiger partial charge in [-0.15, -0.1) is 0 Å². The van der Waals surface area contributed by atoms with Crippen molar-refractivity contribution >= 4 is 11.9 Å². The van der Waals surface area contributed by atoms with E-state index >= 15 is 0 Å². The average Bonchev–Trinajstić information content (AvgIpc) is 2.63. The van der Waals surface area contributed by atoms with E-state index in [1.807, 2.05) is 0 Å². The molecule has 2 rings (SSSR count). The molecule has 0 radical (unpaired) electrons. The minimum atomic E-state index is -0.593. The largest absolute Gasteiger partial charge is 0.336 e. The fourth-order valence-corrected chi connectivity index (χ4v) is 1.60. The zero-order valence-electron chi connectivity index (χ0n) is 8.79. The number of imide groups is 1. The smallest absolute Gasteiger partial charge is 0.324 e. The van der Waals surface area contributed by atoms with Gasteiger partial charge < -0.3 is 5.32 Å². The van der Waals surface area contributed by atoms with Crippen LogP contribution in [0.2, 0.25) is 0 Å². The highest BCUT2D eigenvalue weighted by molar-refractivity contribution is 6.05. The Balaban J connectivity index is 2.30. The standard InChI is InChI=1S/C11H11FN2O2/c1-7-2-3-8(9(12)6-7)10(15)14-5-4-13-11(14)16/h2-3,6H,4-5H2,1H3,(H,13,16). The summed E-state index contributed by atoms with van der Waals surface area (Å²) in [6, 6.07) is 3.86. The van der Waals surface area contributed by atoms with Crippen LogP contribution in [0, 0.1) is 12.7 Å². The van der Waals surface area contributed by atoms with Crippen LogP contribution >= 0.6 is 0 Å². The highest BCUT2D eigenvalue weighted by Crippen LogP contribution is 2.13. The average molecular weight is 222 g/mol. The molecule has 3 amide bonds. The number of aryl methyl sites for hydroxylation is 1. The molecule has 0 aromatic heterocycles. The number of benzene rings is 1. The number of carbonyl (C=O) groups excluding carboxylic acids is 2. The lowest BCUT2D eigenvalue weighted by atomic mass is 10.1. The van der Waals surface area contributed by atoms with E-state index in [1.54, 1.807) is 13.0 Å². The first kappa shape index (κ1) is 10.6. The molecule has 1 heterocycles. The first-order valence-corrected chi connectivity index (χ1v) is 4.95. The molecular formula is C11H11FN2O2. The molecule has 1 aliphatic heterocycles. The van der Waals surface area contributed by atoms with Crippen LogP contribution in [0.4, 0.5) is 9.18 Å². The van der Waals surface area contributed by atoms with Crippen LogP contribution < -0.4 is 5.32 Å². The topological polar surface area (TPSA) is 49.4 Å². The van der Waals surface area contributed by atoms with Crippen LogP contribution in [0.5, 0.6) is 0 Å². The van der Waals surface area contributed by atoms with Crippen LogP contribution in [0.1, 0.15) is 15.9 Å². The Morgan fingerprint density at radius 2 is 2.25 bits per heavy atom. The number of hydrogen-bond acceptors (Lipinski definition) is 2. The van der Waals surface area contributed by atoms with Crippen molar-refractivity contribution in [3.05, 3.63) is 35.1 Å². The molecule has 0 atom stereocenters. The second kappa shape index (κ2) is 3.92. The van der Waals surface area contributed by atoms with Gasteiger partial charge in [-0.2, -0.15) is 0 Å². The monoisotopic (exact) mass is 222 g/mol. The lowest BCUT2D eigenvalue weighted by Gasteiger charge is -2.12. The lowest BCUT2D eigenvalue weighted by Crippen LogP contribution is -2.34. The molecule has 1 fully saturated rings. The zero-order valence-corrected chi connectivity index (χ0v) is 8.79. The summed E-state index contributed by atoms with van der Waals surface area (Å²) in [6.45, 7) is 2.43. The molecule has 0 spiro atoms. The number of halogens is 1. The maximum Gasteiger partial charge on any atom is 0.324 e. The third-order valence-electron chi connectivity index (χ3n) is 2.46. The summed E-state index contributed by atoms with van der Waals surface area (Å²) in [5.41, 5.74) is 0.669. The predicted molar refractivity (Wildman–Crippen MR) is 55.6 cm³/mol. The third-order valence-corrected chi connectivity index (χ3v) is 2.46. The Labute approximate surface area is 92.0 Å². The fraction of sp³-hybridized carbons (Fsp3) is 0.273. The van der Waals surface area contributed by atoms with E-state index in [-0.39, 0.29) is 12.1 Å². The van der Waals surface area contributed by atoms with Crippen molar-refractivity contribution in [1.82, 2.24) is 10.2 Å². The molecule has 0 aliphatic carbocycles. The van der Waals surface area contributed by atoms with Gasteiger partial charge in [0.25, 0.3) is 5.91 Å². The van der Waals surface area contributed by atoms with Gasteiger partial charge in [0.2, 0.25) is 0 Å². The highest BCUT2D eigenvalue weighted by atomic mass is 19.1. The molecule has 0 unspecified atom stereocenters. The molecule has 0 bridgehead atoms. The van der Waals surface area contributed by atoms with Gasteiger partial charge in [0.1, 0.15) is 5.82 Å². The van der Waals surface area contributed by atoms with E-state index < -0.39 is 17.8 Å². The Morgan fingerprint density at radius 3 is 2.81 bits per heavy atom. The van der Waals surface area contributed by atoms with Gasteiger partial charge in [0, 0.05) is 13.1 Å². The molecule has 1 N–H and O–H groups in total. The number of carbonyl (C=O) groups is 2. The summed E-state index contributed by atoms with van der Waals surface area (Å²) in [5, 5.41) is 2.49. The zero-order chi connectivity index (χ0) is 11.7. The maximum absolute atomic E-state index is 13.5. The molecule has 4 nitrogen and oxygen atoms in total. The number of nitrogens with one attached hydrogen (secondary N) is 1. The van der Waals surface area contributed by atoms with Crippen LogP contribution in [0.25, 0.3) is 0 Å². The molecule has 84 valence electrons. The van der Waals surface area contributed by atoms with Crippen LogP contribution in [-0.4, -0.2) is 29.9 Å². The van der Waals surface area contributed by atoms with E-state index in [1.165, 1.54) is 12.1 Å². The summed E-state index contributed by atoms with van der Waals surface area (Å²) in [6.07, 6.45) is 0. The van der Waals surface area contributed by atoms with Gasteiger partial charge in [-0.3, -0.25) is 9.69 Å². The summed E-state index contributed by atoms with van der Waals surface area (Å²) < 4.78 is 13.5. The molecule has 1 aromatic carbocycles. The summed E-state index contributed by atoms with van der Waals surface area (Å²) >= 11 is 0. The van der Waals surface area contributed by atoms with Gasteiger partial charge >= 0.3 is 6.03 Å². The minimum Gasteiger partial charge on any atom is -0.336 e. The molecule has 1 aromatic rings. The second-order valence-corrected chi connectivity index (χ2v) is 3.67. The fourth-order valence-electron chi connectivity index (χ4n) is 1.60. The van der Waals surface area contributed by atoms with E-state index in [9.17, 15) is 14.0 Å². The van der Waals surface area contributed by atoms with Gasteiger partial charge in [0.15, 0.2) is 0 Å². The Hall–Kier alpha value is -1.91. The van der Waals surface area contributed by atoms with Gasteiger partial charge in [-0.25, -0.2) is 9.18 Å². The van der Waals surface area contributed by atoms with Crippen LogP contribution in [0.15, 0.2) is 18.2 Å². The highest BCUT2D eigenvalue weighted by Gasteiger charge is 2.28. The SMILES string of the molecule is Cc1ccc(C(=O)N2CCNC2=O)c(F)c1. The quantitative estimate of drug-likeness (QED) is 0.778. The third kappa shape index (κ3) is 1.76. The van der Waals surface area contributed by atoms with E-state index in [4.69, 9.17) is 0 Å². The Morgan fingerprint density at radius 1 is 1.50 bits per heavy atom. The van der Waals surface area contributed by atoms with Crippen molar-refractivity contribution in [2.24, 2.45) is 0 Å². The summed E-state index contributed by atoms with van der Waals surface area (Å²) in [5.74, 6) is -1.18. The van der Waals surface area contributed by atoms with Crippen molar-refractivity contribution in [2.45, 2.75) is 6.92 Å². The van der Waals surface area contributed by atoms with Crippen molar-refractivity contribution in [2.75, 3.05) is 13.1 Å². The lowest BCUT2D eigenvalue weighted by molar-refractivity contribution is 0.0825. The minimum absolute atomic E-state index is 0.0670. The van der Waals surface area contributed by atoms with Crippen LogP contribution in [-0.2, 0) is 0 Å². The number of amides is 3. The molecule has 0 saturated carbocycles. The molecular weight excluding hydrogens is 211 g/mol. The first-order chi connectivity index (χ1) is 7.59. The van der Waals surface area contributed by atoms with Crippen molar-refractivity contribution in [3.8, 4) is 0 Å². The van der Waals surface area contributed by atoms with Gasteiger partial charge in [-0.05, 0) is 24.6 Å². The molecule has 1 saturated heterocycles. The number of urea groups is 1. The number of nitrogens with zero attached hydrogens (tertiary/aromatic N) is 1. The normalized spacial score (nSPS) is 15.1. The first-order valence-electron chi connectivity index (χ1n) is 4.95. The maximum atomic E-state index is 13.5. The molecule has 16 heavy (non-hydrogen) atoms. The Bertz CT molecular complexity index is 459. The number of rotatable bonds is 1. The van der Waals surface area contributed by atoms with E-state index in [0.717, 1.165) is 10.5 Å². The summed E-state index contributed by atoms with van der Waals surface area (Å²) in [4.78, 5) is 24.1. The van der Waals surface area contributed by atoms with Crippen LogP contribution in [0.3, 0.4) is 0 Å². The van der Waals surface area contributed by atoms with E-state index in [2.05, 4.69) is 5.32 Å². The summed E-state index contributed by atoms with van der Waals surface area (Å²) in [7, 11) is 0. The van der Waals surface area contributed by atoms with Gasteiger partial charge in [-0.1, -0.05) is 6.07 Å². The molecule has 5 heteroatoms. The van der Waals surface area contributed by atoms with E-state index in [0.29, 0.717) is 6.54 Å². The predicted octanol–water partition coefficient (Wildman–Crippen LogP) is 1.30. The van der Waals surface area contributed by atoms with Crippen molar-refractivity contribution in [1.29, 1.82) is 0 Å². The second-order valence-electron chi connectivity index (χ2n) is 3.67. The number of hydrogen-bond donors (Lipinski definition) is 1. The molecule has 1 aliphatic rings. The van der Waals surface area contributed by atoms with Gasteiger partial charge in [0.05, 0.1) is 5.56 Å². The Kier molecular flexibility index (Phi) is 2.60. The van der Waals surface area contributed by atoms with Crippen molar-refractivity contribution in [3.63, 3.8) is 0 Å². The van der Waals surface area contributed by atoms with Crippen molar-refractivity contribution < 1.29 is 14.0 Å².